The summed E-state index contributed by atoms with van der Waals surface area (Å²) in [5.74, 6) is -0.346. The molecular formula is C16H17N3O5S. The van der Waals surface area contributed by atoms with Gasteiger partial charge in [0.2, 0.25) is 10.0 Å². The van der Waals surface area contributed by atoms with Gasteiger partial charge in [-0.1, -0.05) is 18.2 Å². The number of anilines is 1. The van der Waals surface area contributed by atoms with Crippen LogP contribution in [0.3, 0.4) is 0 Å². The average molecular weight is 363 g/mol. The number of fused-ring (bicyclic) bond motifs is 1. The highest BCUT2D eigenvalue weighted by Gasteiger charge is 2.35. The van der Waals surface area contributed by atoms with Crippen molar-refractivity contribution in [1.29, 1.82) is 0 Å². The zero-order valence-electron chi connectivity index (χ0n) is 13.6. The number of nitrogens with zero attached hydrogens (tertiary/aromatic N) is 1. The highest BCUT2D eigenvalue weighted by molar-refractivity contribution is 7.88. The van der Waals surface area contributed by atoms with Gasteiger partial charge in [0, 0.05) is 5.69 Å². The molecule has 1 amide bonds. The summed E-state index contributed by atoms with van der Waals surface area (Å²) in [4.78, 5) is 15.0. The van der Waals surface area contributed by atoms with Gasteiger partial charge in [-0.3, -0.25) is 4.79 Å². The Morgan fingerprint density at radius 2 is 1.96 bits per heavy atom. The Morgan fingerprint density at radius 1 is 1.24 bits per heavy atom. The number of phenolic OH excluding ortho intramolecular Hbond substituents is 1. The first-order chi connectivity index (χ1) is 11.8. The molecule has 2 aromatic carbocycles. The van der Waals surface area contributed by atoms with Crippen LogP contribution in [0.4, 0.5) is 5.69 Å². The Balaban J connectivity index is 2.08. The first-order valence-corrected chi connectivity index (χ1v) is 9.23. The lowest BCUT2D eigenvalue weighted by molar-refractivity contribution is 0.0633. The van der Waals surface area contributed by atoms with E-state index >= 15 is 0 Å². The smallest absolute Gasteiger partial charge is 0.273 e. The fraction of sp³-hybridized carbons (Fsp3) is 0.188. The van der Waals surface area contributed by atoms with Gasteiger partial charge < -0.3 is 15.2 Å². The molecule has 0 saturated carbocycles. The van der Waals surface area contributed by atoms with Crippen LogP contribution in [0.25, 0.3) is 0 Å². The van der Waals surface area contributed by atoms with Gasteiger partial charge in [-0.15, -0.1) is 4.83 Å². The normalized spacial score (nSPS) is 17.0. The number of phenols is 1. The van der Waals surface area contributed by atoms with Gasteiger partial charge in [-0.05, 0) is 29.8 Å². The molecule has 2 aromatic rings. The molecule has 1 unspecified atom stereocenters. The molecule has 0 bridgehead atoms. The third kappa shape index (κ3) is 3.37. The van der Waals surface area contributed by atoms with Gasteiger partial charge in [-0.25, -0.2) is 13.4 Å². The average Bonchev–Trinajstić information content (AvgIpc) is 2.56. The van der Waals surface area contributed by atoms with Crippen LogP contribution in [0, 0.1) is 0 Å². The summed E-state index contributed by atoms with van der Waals surface area (Å²) in [6.07, 6.45) is 0.123. The number of hydrogen-bond donors (Lipinski definition) is 3. The first-order valence-electron chi connectivity index (χ1n) is 7.33. The summed E-state index contributed by atoms with van der Waals surface area (Å²) in [5.41, 5.74) is 1.39. The number of methoxy groups -OCH3 is 1. The Hall–Kier alpha value is -2.78. The van der Waals surface area contributed by atoms with Crippen molar-refractivity contribution in [2.45, 2.75) is 6.17 Å². The molecule has 1 aliphatic heterocycles. The molecule has 0 fully saturated rings. The maximum Gasteiger partial charge on any atom is 0.273 e. The van der Waals surface area contributed by atoms with E-state index in [1.54, 1.807) is 30.3 Å². The van der Waals surface area contributed by atoms with Crippen molar-refractivity contribution < 1.29 is 23.1 Å². The van der Waals surface area contributed by atoms with E-state index in [0.29, 0.717) is 16.8 Å². The van der Waals surface area contributed by atoms with Crippen molar-refractivity contribution in [3.63, 3.8) is 0 Å². The summed E-state index contributed by atoms with van der Waals surface area (Å²) in [6, 6.07) is 11.4. The predicted molar refractivity (Wildman–Crippen MR) is 91.6 cm³/mol. The van der Waals surface area contributed by atoms with Gasteiger partial charge in [0.1, 0.15) is 6.17 Å². The number of ether oxygens (including phenoxy) is 1. The molecule has 9 heteroatoms. The fourth-order valence-electron chi connectivity index (χ4n) is 2.64. The van der Waals surface area contributed by atoms with Crippen LogP contribution in [-0.4, -0.2) is 37.8 Å². The molecule has 1 atom stereocenters. The molecule has 1 aliphatic rings. The van der Waals surface area contributed by atoms with Gasteiger partial charge in [-0.2, -0.15) is 0 Å². The van der Waals surface area contributed by atoms with E-state index in [1.807, 2.05) is 0 Å². The number of benzene rings is 2. The van der Waals surface area contributed by atoms with Crippen LogP contribution in [0.2, 0.25) is 0 Å². The fourth-order valence-corrected chi connectivity index (χ4v) is 3.18. The molecule has 0 saturated heterocycles. The largest absolute Gasteiger partial charge is 0.504 e. The summed E-state index contributed by atoms with van der Waals surface area (Å²) in [5, 5.41) is 14.1. The highest BCUT2D eigenvalue weighted by atomic mass is 32.2. The number of hydrogen-bond acceptors (Lipinski definition) is 6. The van der Waals surface area contributed by atoms with Crippen molar-refractivity contribution in [2.75, 3.05) is 18.7 Å². The van der Waals surface area contributed by atoms with E-state index in [2.05, 4.69) is 10.1 Å². The number of para-hydroxylation sites is 1. The Labute approximate surface area is 145 Å². The summed E-state index contributed by atoms with van der Waals surface area (Å²) >= 11 is 0. The van der Waals surface area contributed by atoms with Crippen LogP contribution in [0.15, 0.2) is 42.5 Å². The number of rotatable bonds is 4. The second kappa shape index (κ2) is 6.26. The second-order valence-electron chi connectivity index (χ2n) is 5.56. The Bertz CT molecular complexity index is 929. The number of carbonyl (C=O) groups excluding carboxylic acids is 1. The first kappa shape index (κ1) is 17.1. The van der Waals surface area contributed by atoms with Crippen LogP contribution < -0.4 is 14.9 Å². The molecule has 0 spiro atoms. The van der Waals surface area contributed by atoms with Crippen molar-refractivity contribution in [1.82, 2.24) is 9.84 Å². The van der Waals surface area contributed by atoms with Gasteiger partial charge in [0.05, 0.1) is 18.9 Å². The lowest BCUT2D eigenvalue weighted by Gasteiger charge is -2.37. The number of carbonyl (C=O) groups is 1. The van der Waals surface area contributed by atoms with Crippen LogP contribution in [0.1, 0.15) is 22.1 Å². The Kier molecular flexibility index (Phi) is 4.27. The number of amides is 1. The second-order valence-corrected chi connectivity index (χ2v) is 7.29. The van der Waals surface area contributed by atoms with E-state index in [-0.39, 0.29) is 11.5 Å². The molecule has 3 N–H and O–H groups in total. The number of sulfonamides is 1. The van der Waals surface area contributed by atoms with Gasteiger partial charge in [0.15, 0.2) is 11.5 Å². The molecule has 132 valence electrons. The van der Waals surface area contributed by atoms with E-state index in [1.165, 1.54) is 19.2 Å². The van der Waals surface area contributed by atoms with Gasteiger partial charge >= 0.3 is 0 Å². The van der Waals surface area contributed by atoms with Crippen LogP contribution >= 0.6 is 0 Å². The monoisotopic (exact) mass is 363 g/mol. The molecule has 8 nitrogen and oxygen atoms in total. The topological polar surface area (TPSA) is 108 Å². The quantitative estimate of drug-likeness (QED) is 0.758. The van der Waals surface area contributed by atoms with Crippen molar-refractivity contribution in [2.24, 2.45) is 0 Å². The summed E-state index contributed by atoms with van der Waals surface area (Å²) in [6.45, 7) is 0. The number of nitrogens with one attached hydrogen (secondary N) is 2. The summed E-state index contributed by atoms with van der Waals surface area (Å²) in [7, 11) is -2.27. The van der Waals surface area contributed by atoms with Crippen molar-refractivity contribution in [3.8, 4) is 11.5 Å². The van der Waals surface area contributed by atoms with Crippen molar-refractivity contribution in [3.05, 3.63) is 53.6 Å². The molecule has 0 radical (unpaired) electrons. The zero-order chi connectivity index (χ0) is 18.2. The molecule has 25 heavy (non-hydrogen) atoms. The number of hydrazine groups is 1. The predicted octanol–water partition coefficient (Wildman–Crippen LogP) is 1.43. The van der Waals surface area contributed by atoms with Crippen LogP contribution in [-0.2, 0) is 10.0 Å². The molecule has 0 aromatic heterocycles. The maximum absolute atomic E-state index is 12.8. The molecule has 3 rings (SSSR count). The lowest BCUT2D eigenvalue weighted by atomic mass is 10.0. The van der Waals surface area contributed by atoms with Crippen LogP contribution in [0.5, 0.6) is 11.5 Å². The Morgan fingerprint density at radius 3 is 2.60 bits per heavy atom. The summed E-state index contributed by atoms with van der Waals surface area (Å²) < 4.78 is 28.4. The highest BCUT2D eigenvalue weighted by Crippen LogP contribution is 2.35. The third-order valence-electron chi connectivity index (χ3n) is 3.71. The minimum Gasteiger partial charge on any atom is -0.504 e. The standard InChI is InChI=1S/C16H17N3O5S/c1-24-14-8-7-10(9-13(14)20)15-17-12-6-4-3-5-11(12)16(21)19(15)18-25(2,22)23/h3-9,15,17-18,20H,1-2H3. The van der Waals surface area contributed by atoms with Crippen molar-refractivity contribution >= 4 is 21.6 Å². The molecular weight excluding hydrogens is 346 g/mol. The van der Waals surface area contributed by atoms with E-state index in [4.69, 9.17) is 4.74 Å². The lowest BCUT2D eigenvalue weighted by Crippen LogP contribution is -2.52. The number of aromatic hydroxyl groups is 1. The third-order valence-corrected chi connectivity index (χ3v) is 4.24. The molecule has 0 aliphatic carbocycles. The SMILES string of the molecule is COc1ccc(C2Nc3ccccc3C(=O)N2NS(C)(=O)=O)cc1O. The maximum atomic E-state index is 12.8. The van der Waals surface area contributed by atoms with E-state index < -0.39 is 22.1 Å². The minimum absolute atomic E-state index is 0.118. The van der Waals surface area contributed by atoms with Gasteiger partial charge in [0.25, 0.3) is 5.91 Å². The van der Waals surface area contributed by atoms with E-state index in [9.17, 15) is 18.3 Å². The molecule has 1 heterocycles. The van der Waals surface area contributed by atoms with E-state index in [0.717, 1.165) is 11.3 Å². The minimum atomic E-state index is -3.70. The zero-order valence-corrected chi connectivity index (χ0v) is 14.4.